The molecule has 0 fully saturated rings. The number of aryl methyl sites for hydroxylation is 1. The molecule has 2 rings (SSSR count). The normalized spacial score (nSPS) is 11.7. The number of alkyl halides is 2. The average molecular weight is 346 g/mol. The van der Waals surface area contributed by atoms with Crippen molar-refractivity contribution in [3.63, 3.8) is 0 Å². The van der Waals surface area contributed by atoms with Crippen molar-refractivity contribution >= 4 is 34.8 Å². The van der Waals surface area contributed by atoms with Crippen LogP contribution in [0, 0.1) is 12.7 Å². The lowest BCUT2D eigenvalue weighted by Crippen LogP contribution is -2.33. The molecule has 2 aromatic carbocycles. The van der Waals surface area contributed by atoms with E-state index in [4.69, 9.17) is 34.8 Å². The third-order valence-electron chi connectivity index (χ3n) is 3.80. The summed E-state index contributed by atoms with van der Waals surface area (Å²) in [4.78, 5) is 0. The van der Waals surface area contributed by atoms with Crippen molar-refractivity contribution in [1.29, 1.82) is 0 Å². The topological polar surface area (TPSA) is 0 Å². The summed E-state index contributed by atoms with van der Waals surface area (Å²) in [7, 11) is 0. The number of rotatable bonds is 5. The molecule has 0 saturated heterocycles. The fourth-order valence-corrected chi connectivity index (χ4v) is 3.32. The maximum atomic E-state index is 13.2. The van der Waals surface area contributed by atoms with Gasteiger partial charge in [0.2, 0.25) is 0 Å². The Labute approximate surface area is 139 Å². The predicted octanol–water partition coefficient (Wildman–Crippen LogP) is 5.75. The van der Waals surface area contributed by atoms with Gasteiger partial charge < -0.3 is 0 Å². The summed E-state index contributed by atoms with van der Waals surface area (Å²) in [5.74, 6) is 0.536. The molecule has 0 spiro atoms. The second kappa shape index (κ2) is 7.00. The predicted molar refractivity (Wildman–Crippen MR) is 89.4 cm³/mol. The van der Waals surface area contributed by atoms with Gasteiger partial charge in [0.15, 0.2) is 0 Å². The minimum Gasteiger partial charge on any atom is -0.207 e. The van der Waals surface area contributed by atoms with Gasteiger partial charge in [-0.1, -0.05) is 29.8 Å². The van der Waals surface area contributed by atoms with E-state index in [-0.39, 0.29) is 5.82 Å². The van der Waals surface area contributed by atoms with Crippen molar-refractivity contribution in [2.45, 2.75) is 18.8 Å². The molecule has 0 aliphatic heterocycles. The Morgan fingerprint density at radius 3 is 2.14 bits per heavy atom. The van der Waals surface area contributed by atoms with Gasteiger partial charge in [0.25, 0.3) is 0 Å². The zero-order valence-corrected chi connectivity index (χ0v) is 13.9. The Kier molecular flexibility index (Phi) is 5.54. The van der Waals surface area contributed by atoms with E-state index in [1.54, 1.807) is 6.07 Å². The molecule has 0 unspecified atom stereocenters. The summed E-state index contributed by atoms with van der Waals surface area (Å²) in [6.07, 6.45) is 0.660. The minimum atomic E-state index is -0.393. The fraction of sp³-hybridized carbons (Fsp3) is 0.294. The summed E-state index contributed by atoms with van der Waals surface area (Å²) in [5, 5.41) is 0.676. The van der Waals surface area contributed by atoms with Crippen LogP contribution in [0.25, 0.3) is 0 Å². The Bertz CT molecular complexity index is 604. The fourth-order valence-electron chi connectivity index (χ4n) is 2.41. The molecule has 0 N–H and O–H groups in total. The molecule has 0 aliphatic carbocycles. The summed E-state index contributed by atoms with van der Waals surface area (Å²) in [6, 6.07) is 12.4. The van der Waals surface area contributed by atoms with Crippen LogP contribution in [0.5, 0.6) is 0 Å². The van der Waals surface area contributed by atoms with E-state index in [1.165, 1.54) is 12.1 Å². The Balaban J connectivity index is 2.40. The molecule has 112 valence electrons. The molecule has 0 radical (unpaired) electrons. The van der Waals surface area contributed by atoms with Gasteiger partial charge in [0.1, 0.15) is 5.82 Å². The third kappa shape index (κ3) is 3.71. The lowest BCUT2D eigenvalue weighted by atomic mass is 9.78. The zero-order valence-electron chi connectivity index (χ0n) is 11.7. The van der Waals surface area contributed by atoms with E-state index >= 15 is 0 Å². The molecular weight excluding hydrogens is 330 g/mol. The highest BCUT2D eigenvalue weighted by atomic mass is 35.5. The Morgan fingerprint density at radius 1 is 1.00 bits per heavy atom. The van der Waals surface area contributed by atoms with Crippen LogP contribution in [0.1, 0.15) is 16.7 Å². The lowest BCUT2D eigenvalue weighted by Gasteiger charge is -2.31. The average Bonchev–Trinajstić information content (AvgIpc) is 2.48. The summed E-state index contributed by atoms with van der Waals surface area (Å²) in [6.45, 7) is 1.90. The van der Waals surface area contributed by atoms with Gasteiger partial charge in [-0.25, -0.2) is 4.39 Å². The van der Waals surface area contributed by atoms with E-state index in [1.807, 2.05) is 31.2 Å². The van der Waals surface area contributed by atoms with E-state index in [0.717, 1.165) is 16.7 Å². The number of benzene rings is 2. The molecule has 0 saturated carbocycles. The SMILES string of the molecule is Cc1cc(F)ccc1CC(CCl)(CCl)c1ccc(Cl)cc1. The van der Waals surface area contributed by atoms with E-state index < -0.39 is 5.41 Å². The summed E-state index contributed by atoms with van der Waals surface area (Å²) < 4.78 is 13.2. The van der Waals surface area contributed by atoms with Gasteiger partial charge in [0, 0.05) is 22.2 Å². The highest BCUT2D eigenvalue weighted by molar-refractivity contribution is 6.30. The largest absolute Gasteiger partial charge is 0.207 e. The first-order chi connectivity index (χ1) is 10.0. The van der Waals surface area contributed by atoms with Gasteiger partial charge in [-0.05, 0) is 54.3 Å². The smallest absolute Gasteiger partial charge is 0.123 e. The number of hydrogen-bond donors (Lipinski definition) is 0. The molecule has 0 heterocycles. The third-order valence-corrected chi connectivity index (χ3v) is 5.08. The van der Waals surface area contributed by atoms with Crippen molar-refractivity contribution in [2.75, 3.05) is 11.8 Å². The quantitative estimate of drug-likeness (QED) is 0.606. The first-order valence-corrected chi connectivity index (χ1v) is 8.08. The standard InChI is InChI=1S/C17H16Cl3F/c1-12-8-16(21)7-2-13(12)9-17(10-18,11-19)14-3-5-15(20)6-4-14/h2-8H,9-11H2,1H3. The van der Waals surface area contributed by atoms with Crippen LogP contribution >= 0.6 is 34.8 Å². The lowest BCUT2D eigenvalue weighted by molar-refractivity contribution is 0.533. The van der Waals surface area contributed by atoms with E-state index in [0.29, 0.717) is 23.2 Å². The first-order valence-electron chi connectivity index (χ1n) is 6.64. The Morgan fingerprint density at radius 2 is 1.62 bits per heavy atom. The van der Waals surface area contributed by atoms with E-state index in [2.05, 4.69) is 0 Å². The second-order valence-electron chi connectivity index (χ2n) is 5.30. The molecule has 0 aromatic heterocycles. The highest BCUT2D eigenvalue weighted by Crippen LogP contribution is 2.33. The van der Waals surface area contributed by atoms with Crippen LogP contribution in [-0.4, -0.2) is 11.8 Å². The highest BCUT2D eigenvalue weighted by Gasteiger charge is 2.31. The first kappa shape index (κ1) is 16.6. The molecule has 0 atom stereocenters. The molecule has 4 heteroatoms. The summed E-state index contributed by atoms with van der Waals surface area (Å²) >= 11 is 18.4. The molecule has 0 amide bonds. The molecule has 2 aromatic rings. The van der Waals surface area contributed by atoms with Gasteiger partial charge in [0.05, 0.1) is 0 Å². The van der Waals surface area contributed by atoms with Crippen LogP contribution in [0.4, 0.5) is 4.39 Å². The van der Waals surface area contributed by atoms with Gasteiger partial charge >= 0.3 is 0 Å². The van der Waals surface area contributed by atoms with Crippen LogP contribution in [0.2, 0.25) is 5.02 Å². The minimum absolute atomic E-state index is 0.231. The zero-order chi connectivity index (χ0) is 15.5. The van der Waals surface area contributed by atoms with Crippen molar-refractivity contribution in [1.82, 2.24) is 0 Å². The van der Waals surface area contributed by atoms with Crippen LogP contribution in [-0.2, 0) is 11.8 Å². The molecular formula is C17H16Cl3F. The summed E-state index contributed by atoms with van der Waals surface area (Å²) in [5.41, 5.74) is 2.60. The molecule has 0 aliphatic rings. The van der Waals surface area contributed by atoms with Crippen molar-refractivity contribution in [3.8, 4) is 0 Å². The Hall–Kier alpha value is -0.760. The number of halogens is 4. The molecule has 0 bridgehead atoms. The van der Waals surface area contributed by atoms with Crippen molar-refractivity contribution in [2.24, 2.45) is 0 Å². The van der Waals surface area contributed by atoms with Gasteiger partial charge in [-0.3, -0.25) is 0 Å². The second-order valence-corrected chi connectivity index (χ2v) is 6.27. The number of hydrogen-bond acceptors (Lipinski definition) is 0. The van der Waals surface area contributed by atoms with Gasteiger partial charge in [-0.2, -0.15) is 0 Å². The van der Waals surface area contributed by atoms with Crippen molar-refractivity contribution in [3.05, 3.63) is 70.0 Å². The van der Waals surface area contributed by atoms with Crippen molar-refractivity contribution < 1.29 is 4.39 Å². The monoisotopic (exact) mass is 344 g/mol. The van der Waals surface area contributed by atoms with Crippen LogP contribution in [0.3, 0.4) is 0 Å². The maximum Gasteiger partial charge on any atom is 0.123 e. The van der Waals surface area contributed by atoms with Crippen LogP contribution in [0.15, 0.2) is 42.5 Å². The molecule has 0 nitrogen and oxygen atoms in total. The van der Waals surface area contributed by atoms with E-state index in [9.17, 15) is 4.39 Å². The molecule has 21 heavy (non-hydrogen) atoms. The van der Waals surface area contributed by atoms with Gasteiger partial charge in [-0.15, -0.1) is 23.2 Å². The maximum absolute atomic E-state index is 13.2. The van der Waals surface area contributed by atoms with Crippen LogP contribution < -0.4 is 0 Å².